The van der Waals surface area contributed by atoms with E-state index in [0.29, 0.717) is 6.54 Å². The van der Waals surface area contributed by atoms with Gasteiger partial charge in [0.25, 0.3) is 0 Å². The van der Waals surface area contributed by atoms with Crippen molar-refractivity contribution in [3.63, 3.8) is 0 Å². The molecule has 0 aliphatic carbocycles. The SMILES string of the molecule is CC(C)(C)OC(=O)N1CCCC1CNc1c(F)cc(C#N)cc1F. The highest BCUT2D eigenvalue weighted by atomic mass is 19.1. The molecular formula is C17H21F2N3O2. The van der Waals surface area contributed by atoms with Crippen LogP contribution in [-0.2, 0) is 4.74 Å². The van der Waals surface area contributed by atoms with Gasteiger partial charge in [0.05, 0.1) is 17.7 Å². The van der Waals surface area contributed by atoms with E-state index in [-0.39, 0.29) is 23.8 Å². The highest BCUT2D eigenvalue weighted by molar-refractivity contribution is 5.69. The predicted octanol–water partition coefficient (Wildman–Crippen LogP) is 3.65. The summed E-state index contributed by atoms with van der Waals surface area (Å²) < 4.78 is 33.1. The first-order valence-corrected chi connectivity index (χ1v) is 7.84. The Bertz CT molecular complexity index is 642. The number of hydrogen-bond donors (Lipinski definition) is 1. The molecular weight excluding hydrogens is 316 g/mol. The molecule has 1 atom stereocenters. The first-order valence-electron chi connectivity index (χ1n) is 7.84. The molecule has 1 N–H and O–H groups in total. The molecule has 130 valence electrons. The normalized spacial score (nSPS) is 17.5. The minimum atomic E-state index is -0.826. The van der Waals surface area contributed by atoms with E-state index >= 15 is 0 Å². The summed E-state index contributed by atoms with van der Waals surface area (Å²) in [7, 11) is 0. The Morgan fingerprint density at radius 3 is 2.58 bits per heavy atom. The molecule has 1 saturated heterocycles. The monoisotopic (exact) mass is 337 g/mol. The average Bonchev–Trinajstić information content (AvgIpc) is 2.93. The lowest BCUT2D eigenvalue weighted by molar-refractivity contribution is 0.0235. The molecule has 1 aliphatic rings. The lowest BCUT2D eigenvalue weighted by Gasteiger charge is -2.29. The fourth-order valence-corrected chi connectivity index (χ4v) is 2.64. The Morgan fingerprint density at radius 1 is 1.42 bits per heavy atom. The van der Waals surface area contributed by atoms with Crippen molar-refractivity contribution in [2.75, 3.05) is 18.4 Å². The molecule has 24 heavy (non-hydrogen) atoms. The number of nitrogens with one attached hydrogen (secondary N) is 1. The van der Waals surface area contributed by atoms with E-state index in [1.165, 1.54) is 0 Å². The molecule has 1 aromatic rings. The first-order chi connectivity index (χ1) is 11.2. The summed E-state index contributed by atoms with van der Waals surface area (Å²) in [6.07, 6.45) is 1.11. The summed E-state index contributed by atoms with van der Waals surface area (Å²) in [5.74, 6) is -1.65. The third-order valence-electron chi connectivity index (χ3n) is 3.69. The van der Waals surface area contributed by atoms with Gasteiger partial charge in [0.15, 0.2) is 11.6 Å². The third-order valence-corrected chi connectivity index (χ3v) is 3.69. The van der Waals surface area contributed by atoms with Crippen molar-refractivity contribution in [1.82, 2.24) is 4.90 Å². The summed E-state index contributed by atoms with van der Waals surface area (Å²) in [5, 5.41) is 11.4. The van der Waals surface area contributed by atoms with E-state index in [4.69, 9.17) is 10.00 Å². The molecule has 2 rings (SSSR count). The molecule has 1 heterocycles. The van der Waals surface area contributed by atoms with E-state index in [2.05, 4.69) is 5.32 Å². The molecule has 5 nitrogen and oxygen atoms in total. The van der Waals surface area contributed by atoms with Gasteiger partial charge in [-0.2, -0.15) is 5.26 Å². The average molecular weight is 337 g/mol. The zero-order valence-electron chi connectivity index (χ0n) is 14.0. The molecule has 0 bridgehead atoms. The van der Waals surface area contributed by atoms with Crippen molar-refractivity contribution in [2.24, 2.45) is 0 Å². The minimum absolute atomic E-state index is 0.0770. The third kappa shape index (κ3) is 4.34. The van der Waals surface area contributed by atoms with Crippen LogP contribution in [0.4, 0.5) is 19.3 Å². The van der Waals surface area contributed by atoms with Gasteiger partial charge in [-0.25, -0.2) is 13.6 Å². The van der Waals surface area contributed by atoms with Crippen molar-refractivity contribution >= 4 is 11.8 Å². The van der Waals surface area contributed by atoms with E-state index in [1.807, 2.05) is 0 Å². The van der Waals surface area contributed by atoms with Gasteiger partial charge < -0.3 is 15.0 Å². The molecule has 0 saturated carbocycles. The predicted molar refractivity (Wildman–Crippen MR) is 85.5 cm³/mol. The number of carbonyl (C=O) groups is 1. The fraction of sp³-hybridized carbons (Fsp3) is 0.529. The number of likely N-dealkylation sites (tertiary alicyclic amines) is 1. The number of nitrogens with zero attached hydrogens (tertiary/aromatic N) is 2. The second kappa shape index (κ2) is 7.04. The van der Waals surface area contributed by atoms with Gasteiger partial charge in [-0.3, -0.25) is 0 Å². The maximum atomic E-state index is 13.9. The molecule has 1 unspecified atom stereocenters. The number of hydrogen-bond acceptors (Lipinski definition) is 4. The number of amides is 1. The van der Waals surface area contributed by atoms with Crippen LogP contribution in [0.3, 0.4) is 0 Å². The smallest absolute Gasteiger partial charge is 0.410 e. The number of rotatable bonds is 3. The number of anilines is 1. The lowest BCUT2D eigenvalue weighted by atomic mass is 10.1. The second-order valence-corrected chi connectivity index (χ2v) is 6.78. The number of nitriles is 1. The van der Waals surface area contributed by atoms with Crippen molar-refractivity contribution in [3.8, 4) is 6.07 Å². The van der Waals surface area contributed by atoms with Gasteiger partial charge in [-0.1, -0.05) is 0 Å². The summed E-state index contributed by atoms with van der Waals surface area (Å²) in [4.78, 5) is 13.8. The number of ether oxygens (including phenoxy) is 1. The molecule has 7 heteroatoms. The Hall–Kier alpha value is -2.36. The van der Waals surface area contributed by atoms with E-state index < -0.39 is 23.3 Å². The van der Waals surface area contributed by atoms with Crippen LogP contribution in [0.2, 0.25) is 0 Å². The highest BCUT2D eigenvalue weighted by Crippen LogP contribution is 2.24. The summed E-state index contributed by atoms with van der Waals surface area (Å²) in [5.41, 5.74) is -0.958. The van der Waals surface area contributed by atoms with Crippen LogP contribution >= 0.6 is 0 Å². The Morgan fingerprint density at radius 2 is 2.04 bits per heavy atom. The Labute approximate surface area is 140 Å². The number of halogens is 2. The van der Waals surface area contributed by atoms with Crippen molar-refractivity contribution in [1.29, 1.82) is 5.26 Å². The summed E-state index contributed by atoms with van der Waals surface area (Å²) >= 11 is 0. The van der Waals surface area contributed by atoms with E-state index in [9.17, 15) is 13.6 Å². The van der Waals surface area contributed by atoms with Crippen LogP contribution in [0.1, 0.15) is 39.2 Å². The minimum Gasteiger partial charge on any atom is -0.444 e. The zero-order chi connectivity index (χ0) is 17.9. The highest BCUT2D eigenvalue weighted by Gasteiger charge is 2.32. The van der Waals surface area contributed by atoms with Crippen LogP contribution in [0.25, 0.3) is 0 Å². The zero-order valence-corrected chi connectivity index (χ0v) is 14.0. The number of benzene rings is 1. The molecule has 0 spiro atoms. The molecule has 1 amide bonds. The fourth-order valence-electron chi connectivity index (χ4n) is 2.64. The molecule has 1 fully saturated rings. The molecule has 0 radical (unpaired) electrons. The van der Waals surface area contributed by atoms with Crippen LogP contribution in [0.15, 0.2) is 12.1 Å². The topological polar surface area (TPSA) is 65.4 Å². The second-order valence-electron chi connectivity index (χ2n) is 6.78. The Balaban J connectivity index is 2.04. The molecule has 1 aromatic carbocycles. The molecule has 0 aromatic heterocycles. The maximum absolute atomic E-state index is 13.9. The van der Waals surface area contributed by atoms with Gasteiger partial charge in [0, 0.05) is 13.1 Å². The number of carbonyl (C=O) groups excluding carboxylic acids is 1. The quantitative estimate of drug-likeness (QED) is 0.914. The van der Waals surface area contributed by atoms with Gasteiger partial charge in [-0.05, 0) is 45.7 Å². The van der Waals surface area contributed by atoms with Gasteiger partial charge in [0.1, 0.15) is 11.3 Å². The first kappa shape index (κ1) is 18.0. The van der Waals surface area contributed by atoms with Crippen LogP contribution < -0.4 is 5.32 Å². The van der Waals surface area contributed by atoms with E-state index in [0.717, 1.165) is 25.0 Å². The van der Waals surface area contributed by atoms with Gasteiger partial charge in [0.2, 0.25) is 0 Å². The van der Waals surface area contributed by atoms with E-state index in [1.54, 1.807) is 31.7 Å². The van der Waals surface area contributed by atoms with Crippen LogP contribution in [0, 0.1) is 23.0 Å². The summed E-state index contributed by atoms with van der Waals surface area (Å²) in [6, 6.07) is 3.46. The van der Waals surface area contributed by atoms with Gasteiger partial charge >= 0.3 is 6.09 Å². The standard InChI is InChI=1S/C17H21F2N3O2/c1-17(2,3)24-16(23)22-6-4-5-12(22)10-21-15-13(18)7-11(9-20)8-14(15)19/h7-8,12,21H,4-6,10H2,1-3H3. The molecule has 1 aliphatic heterocycles. The lowest BCUT2D eigenvalue weighted by Crippen LogP contribution is -2.42. The van der Waals surface area contributed by atoms with Crippen LogP contribution in [-0.4, -0.2) is 35.7 Å². The van der Waals surface area contributed by atoms with Crippen molar-refractivity contribution < 1.29 is 18.3 Å². The van der Waals surface area contributed by atoms with Gasteiger partial charge in [-0.15, -0.1) is 0 Å². The van der Waals surface area contributed by atoms with Crippen molar-refractivity contribution in [3.05, 3.63) is 29.3 Å². The Kier molecular flexibility index (Phi) is 5.27. The van der Waals surface area contributed by atoms with Crippen molar-refractivity contribution in [2.45, 2.75) is 45.3 Å². The maximum Gasteiger partial charge on any atom is 0.410 e. The van der Waals surface area contributed by atoms with Crippen LogP contribution in [0.5, 0.6) is 0 Å². The summed E-state index contributed by atoms with van der Waals surface area (Å²) in [6.45, 7) is 6.12. The largest absolute Gasteiger partial charge is 0.444 e.